The monoisotopic (exact) mass is 700 g/mol. The lowest BCUT2D eigenvalue weighted by Crippen LogP contribution is -2.45. The molecule has 0 bridgehead atoms. The summed E-state index contributed by atoms with van der Waals surface area (Å²) >= 11 is 6.63. The number of nitrogens with zero attached hydrogens (tertiary/aromatic N) is 4. The van der Waals surface area contributed by atoms with Gasteiger partial charge in [0.1, 0.15) is 11.6 Å². The van der Waals surface area contributed by atoms with E-state index in [1.54, 1.807) is 10.6 Å². The summed E-state index contributed by atoms with van der Waals surface area (Å²) in [4.78, 5) is 19.9. The third-order valence-corrected chi connectivity index (χ3v) is 9.40. The van der Waals surface area contributed by atoms with E-state index in [0.717, 1.165) is 40.8 Å². The minimum Gasteiger partial charge on any atom is -0.490 e. The average molecular weight is 701 g/mol. The lowest BCUT2D eigenvalue weighted by atomic mass is 9.92. The summed E-state index contributed by atoms with van der Waals surface area (Å²) in [6.07, 6.45) is 4.49. The van der Waals surface area contributed by atoms with Crippen LogP contribution in [0.3, 0.4) is 0 Å². The first-order valence-electron chi connectivity index (χ1n) is 17.1. The number of halogens is 1. The largest absolute Gasteiger partial charge is 0.490 e. The standard InChI is InChI=1S/C40H49ClN4O5/c1-10-13-26(4)49-33-21-25(3)31(41)23-30(33)28-14-12-15-29(22-28)32-24-34-42-27(5)35(36(38(46)47)50-39(6,7)8)37(45(34)43-32)44-18-16-40(9,17-19-44)48-20-11-2/h10-12,14-15,21-24,26,36H,1-2,13,16-20H2,3-9H3,(H,46,47). The van der Waals surface area contributed by atoms with Gasteiger partial charge in [0.15, 0.2) is 11.8 Å². The highest BCUT2D eigenvalue weighted by atomic mass is 35.5. The van der Waals surface area contributed by atoms with Gasteiger partial charge in [-0.15, -0.1) is 13.2 Å². The number of hydrogen-bond acceptors (Lipinski definition) is 7. The number of aromatic nitrogens is 3. The zero-order valence-corrected chi connectivity index (χ0v) is 31.0. The summed E-state index contributed by atoms with van der Waals surface area (Å²) in [6.45, 7) is 22.9. The van der Waals surface area contributed by atoms with Crippen molar-refractivity contribution in [2.45, 2.75) is 91.1 Å². The fourth-order valence-corrected chi connectivity index (χ4v) is 6.54. The molecule has 2 aromatic carbocycles. The Labute approximate surface area is 300 Å². The van der Waals surface area contributed by atoms with Crippen molar-refractivity contribution in [3.8, 4) is 28.1 Å². The molecule has 0 radical (unpaired) electrons. The van der Waals surface area contributed by atoms with Gasteiger partial charge < -0.3 is 24.2 Å². The van der Waals surface area contributed by atoms with Crippen molar-refractivity contribution in [2.24, 2.45) is 0 Å². The molecule has 9 nitrogen and oxygen atoms in total. The minimum absolute atomic E-state index is 0.0616. The molecule has 1 fully saturated rings. The number of carboxylic acid groups (broad SMARTS) is 1. The van der Waals surface area contributed by atoms with Crippen LogP contribution < -0.4 is 9.64 Å². The number of aryl methyl sites for hydroxylation is 2. The minimum atomic E-state index is -1.25. The maximum absolute atomic E-state index is 12.8. The van der Waals surface area contributed by atoms with E-state index < -0.39 is 17.7 Å². The highest BCUT2D eigenvalue weighted by molar-refractivity contribution is 6.31. The maximum atomic E-state index is 12.8. The zero-order valence-electron chi connectivity index (χ0n) is 30.3. The van der Waals surface area contributed by atoms with E-state index in [2.05, 4.69) is 31.0 Å². The Morgan fingerprint density at radius 3 is 2.44 bits per heavy atom. The molecule has 2 unspecified atom stereocenters. The average Bonchev–Trinajstić information content (AvgIpc) is 3.48. The second-order valence-corrected chi connectivity index (χ2v) is 14.8. The number of rotatable bonds is 13. The fourth-order valence-electron chi connectivity index (χ4n) is 6.37. The third-order valence-electron chi connectivity index (χ3n) is 8.99. The molecule has 4 aromatic rings. The van der Waals surface area contributed by atoms with Gasteiger partial charge in [-0.2, -0.15) is 9.61 Å². The second kappa shape index (κ2) is 15.0. The summed E-state index contributed by atoms with van der Waals surface area (Å²) in [5, 5.41) is 16.2. The predicted molar refractivity (Wildman–Crippen MR) is 200 cm³/mol. The molecular weight excluding hydrogens is 652 g/mol. The van der Waals surface area contributed by atoms with Crippen LogP contribution in [0.5, 0.6) is 5.75 Å². The molecule has 266 valence electrons. The SMILES string of the molecule is C=CCOC1(C)CCN(c2c(C(OC(C)(C)C)C(=O)O)c(C)nc3cc(-c4cccc(-c5cc(Cl)c(C)cc5OC(C)CC=C)c4)nn23)CC1. The quantitative estimate of drug-likeness (QED) is 0.138. The summed E-state index contributed by atoms with van der Waals surface area (Å²) in [5.41, 5.74) is 4.92. The summed E-state index contributed by atoms with van der Waals surface area (Å²) in [5.74, 6) is 0.318. The normalized spacial score (nSPS) is 15.9. The summed E-state index contributed by atoms with van der Waals surface area (Å²) in [7, 11) is 0. The lowest BCUT2D eigenvalue weighted by Gasteiger charge is -2.41. The molecule has 1 aliphatic heterocycles. The number of carbonyl (C=O) groups is 1. The molecule has 3 heterocycles. The molecular formula is C40H49ClN4O5. The highest BCUT2D eigenvalue weighted by Crippen LogP contribution is 2.40. The van der Waals surface area contributed by atoms with Gasteiger partial charge in [-0.05, 0) is 90.6 Å². The van der Waals surface area contributed by atoms with Crippen LogP contribution in [-0.2, 0) is 14.3 Å². The molecule has 1 aliphatic rings. The Morgan fingerprint density at radius 1 is 1.10 bits per heavy atom. The van der Waals surface area contributed by atoms with Crippen molar-refractivity contribution in [1.82, 2.24) is 14.6 Å². The molecule has 0 saturated carbocycles. The van der Waals surface area contributed by atoms with Crippen molar-refractivity contribution in [3.05, 3.63) is 89.6 Å². The van der Waals surface area contributed by atoms with E-state index in [9.17, 15) is 9.90 Å². The second-order valence-electron chi connectivity index (χ2n) is 14.4. The molecule has 0 spiro atoms. The predicted octanol–water partition coefficient (Wildman–Crippen LogP) is 9.18. The van der Waals surface area contributed by atoms with Crippen molar-refractivity contribution >= 4 is 29.0 Å². The van der Waals surface area contributed by atoms with Crippen LogP contribution in [0, 0.1) is 13.8 Å². The van der Waals surface area contributed by atoms with Gasteiger partial charge in [0, 0.05) is 47.4 Å². The number of anilines is 1. The van der Waals surface area contributed by atoms with Crippen LogP contribution >= 0.6 is 11.6 Å². The van der Waals surface area contributed by atoms with Gasteiger partial charge in [0.2, 0.25) is 0 Å². The Balaban J connectivity index is 1.64. The van der Waals surface area contributed by atoms with E-state index in [1.165, 1.54) is 0 Å². The van der Waals surface area contributed by atoms with E-state index in [-0.39, 0.29) is 11.7 Å². The molecule has 0 amide bonds. The van der Waals surface area contributed by atoms with Gasteiger partial charge in [-0.1, -0.05) is 42.0 Å². The molecule has 2 aromatic heterocycles. The maximum Gasteiger partial charge on any atom is 0.337 e. The Hall–Kier alpha value is -4.18. The van der Waals surface area contributed by atoms with E-state index in [0.29, 0.717) is 59.6 Å². The first kappa shape index (κ1) is 37.1. The number of carboxylic acids is 1. The number of aliphatic carboxylic acids is 1. The van der Waals surface area contributed by atoms with Crippen molar-refractivity contribution < 1.29 is 24.1 Å². The van der Waals surface area contributed by atoms with E-state index >= 15 is 0 Å². The molecule has 2 atom stereocenters. The third kappa shape index (κ3) is 8.23. The Kier molecular flexibility index (Phi) is 11.1. The molecule has 5 rings (SSSR count). The molecule has 10 heteroatoms. The van der Waals surface area contributed by atoms with Gasteiger partial charge in [0.25, 0.3) is 0 Å². The van der Waals surface area contributed by atoms with Crippen molar-refractivity contribution in [3.63, 3.8) is 0 Å². The van der Waals surface area contributed by atoms with Crippen molar-refractivity contribution in [2.75, 3.05) is 24.6 Å². The molecule has 1 N–H and O–H groups in total. The smallest absolute Gasteiger partial charge is 0.337 e. The van der Waals surface area contributed by atoms with Gasteiger partial charge in [-0.25, -0.2) is 9.78 Å². The van der Waals surface area contributed by atoms with E-state index in [4.69, 9.17) is 35.9 Å². The van der Waals surface area contributed by atoms with Crippen LogP contribution in [0.2, 0.25) is 5.02 Å². The van der Waals surface area contributed by atoms with Crippen LogP contribution in [-0.4, -0.2) is 62.7 Å². The van der Waals surface area contributed by atoms with Crippen LogP contribution in [0.25, 0.3) is 28.0 Å². The Morgan fingerprint density at radius 2 is 1.80 bits per heavy atom. The van der Waals surface area contributed by atoms with E-state index in [1.807, 2.05) is 84.0 Å². The number of fused-ring (bicyclic) bond motifs is 1. The Bertz CT molecular complexity index is 1890. The lowest BCUT2D eigenvalue weighted by molar-refractivity contribution is -0.160. The van der Waals surface area contributed by atoms with Crippen LogP contribution in [0.15, 0.2) is 67.8 Å². The zero-order chi connectivity index (χ0) is 36.4. The number of benzene rings is 2. The fraction of sp³-hybridized carbons (Fsp3) is 0.425. The van der Waals surface area contributed by atoms with Crippen LogP contribution in [0.1, 0.15) is 76.8 Å². The number of hydrogen-bond donors (Lipinski definition) is 1. The molecule has 1 saturated heterocycles. The summed E-state index contributed by atoms with van der Waals surface area (Å²) in [6, 6.07) is 13.9. The van der Waals surface area contributed by atoms with Gasteiger partial charge >= 0.3 is 5.97 Å². The van der Waals surface area contributed by atoms with Gasteiger partial charge in [-0.3, -0.25) is 0 Å². The molecule has 50 heavy (non-hydrogen) atoms. The number of piperidine rings is 1. The van der Waals surface area contributed by atoms with Crippen LogP contribution in [0.4, 0.5) is 5.82 Å². The first-order chi connectivity index (χ1) is 23.6. The van der Waals surface area contributed by atoms with Crippen molar-refractivity contribution in [1.29, 1.82) is 0 Å². The van der Waals surface area contributed by atoms with Gasteiger partial charge in [0.05, 0.1) is 35.2 Å². The highest BCUT2D eigenvalue weighted by Gasteiger charge is 2.37. The number of ether oxygens (including phenoxy) is 3. The molecule has 0 aliphatic carbocycles. The first-order valence-corrected chi connectivity index (χ1v) is 17.5. The topological polar surface area (TPSA) is 98.4 Å². The summed E-state index contributed by atoms with van der Waals surface area (Å²) < 4.78 is 20.5.